The molecule has 10 heteroatoms. The lowest BCUT2D eigenvalue weighted by Gasteiger charge is -2.36. The standard InChI is InChI=1S/C34H41F3N4O3/c1-32(2,43)20-41-15-7-10-24(19-41)22-12-14-27(28(16-22)44-5)40-31-38-18-25(34(35,36)37)26(39-31)13-11-21-8-6-9-23-17-29(42)33(3,4)30(21)23/h6,8-9,12,14,16,18,24,43H,7,10-11,13,15,17,19-20H2,1-5H3,(H,38,39,40). The second-order valence-electron chi connectivity index (χ2n) is 13.2. The highest BCUT2D eigenvalue weighted by atomic mass is 19.4. The first kappa shape index (κ1) is 31.9. The van der Waals surface area contributed by atoms with Crippen LogP contribution in [0.5, 0.6) is 5.75 Å². The van der Waals surface area contributed by atoms with Gasteiger partial charge in [-0.05, 0) is 100 Å². The van der Waals surface area contributed by atoms with Gasteiger partial charge in [-0.25, -0.2) is 9.97 Å². The molecule has 0 radical (unpaired) electrons. The number of fused-ring (bicyclic) bond motifs is 1. The average Bonchev–Trinajstić information content (AvgIpc) is 3.18. The van der Waals surface area contributed by atoms with Gasteiger partial charge in [-0.2, -0.15) is 13.2 Å². The summed E-state index contributed by atoms with van der Waals surface area (Å²) in [5.74, 6) is 0.961. The number of Topliss-reactive ketones (excluding diaryl/α,β-unsaturated/α-hetero) is 1. The van der Waals surface area contributed by atoms with E-state index in [0.29, 0.717) is 30.8 Å². The molecule has 0 amide bonds. The highest BCUT2D eigenvalue weighted by Crippen LogP contribution is 2.39. The number of methoxy groups -OCH3 is 1. The molecule has 3 aromatic rings. The van der Waals surface area contributed by atoms with Crippen LogP contribution in [0.25, 0.3) is 0 Å². The summed E-state index contributed by atoms with van der Waals surface area (Å²) >= 11 is 0. The van der Waals surface area contributed by atoms with E-state index in [1.54, 1.807) is 7.11 Å². The van der Waals surface area contributed by atoms with Gasteiger partial charge in [0.1, 0.15) is 11.5 Å². The van der Waals surface area contributed by atoms with Crippen LogP contribution in [0.1, 0.15) is 80.0 Å². The molecule has 1 aromatic heterocycles. The Morgan fingerprint density at radius 1 is 1.16 bits per heavy atom. The molecule has 0 saturated carbocycles. The van der Waals surface area contributed by atoms with Crippen LogP contribution in [-0.4, -0.2) is 58.1 Å². The Hall–Kier alpha value is -3.50. The van der Waals surface area contributed by atoms with Crippen molar-refractivity contribution in [3.8, 4) is 5.75 Å². The molecule has 2 N–H and O–H groups in total. The number of nitrogens with zero attached hydrogens (tertiary/aromatic N) is 3. The zero-order valence-electron chi connectivity index (χ0n) is 26.0. The zero-order valence-corrected chi connectivity index (χ0v) is 26.0. The summed E-state index contributed by atoms with van der Waals surface area (Å²) < 4.78 is 47.7. The molecule has 44 heavy (non-hydrogen) atoms. The summed E-state index contributed by atoms with van der Waals surface area (Å²) in [6.45, 7) is 9.72. The van der Waals surface area contributed by atoms with E-state index < -0.39 is 22.8 Å². The molecule has 0 bridgehead atoms. The van der Waals surface area contributed by atoms with Crippen LogP contribution in [0, 0.1) is 0 Å². The fourth-order valence-electron chi connectivity index (χ4n) is 6.71. The highest BCUT2D eigenvalue weighted by molar-refractivity contribution is 5.96. The normalized spacial score (nSPS) is 18.8. The number of aromatic nitrogens is 2. The SMILES string of the molecule is COc1cc(C2CCCN(CC(C)(C)O)C2)ccc1Nc1ncc(C(F)(F)F)c(CCc2cccc3c2C(C)(C)C(=O)C3)n1. The van der Waals surface area contributed by atoms with Crippen molar-refractivity contribution < 1.29 is 27.8 Å². The number of carbonyl (C=O) groups is 1. The number of likely N-dealkylation sites (tertiary alicyclic amines) is 1. The number of nitrogens with one attached hydrogen (secondary N) is 1. The van der Waals surface area contributed by atoms with Gasteiger partial charge in [-0.1, -0.05) is 24.3 Å². The van der Waals surface area contributed by atoms with Gasteiger partial charge in [0.05, 0.1) is 29.7 Å². The van der Waals surface area contributed by atoms with Crippen LogP contribution >= 0.6 is 0 Å². The van der Waals surface area contributed by atoms with Crippen molar-refractivity contribution in [1.82, 2.24) is 14.9 Å². The number of aliphatic hydroxyl groups is 1. The van der Waals surface area contributed by atoms with E-state index in [2.05, 4.69) is 20.2 Å². The van der Waals surface area contributed by atoms with Crippen LogP contribution in [0.4, 0.5) is 24.8 Å². The third-order valence-corrected chi connectivity index (χ3v) is 8.77. The lowest BCUT2D eigenvalue weighted by atomic mass is 9.81. The largest absolute Gasteiger partial charge is 0.495 e. The molecule has 5 rings (SSSR count). The molecule has 2 heterocycles. The minimum absolute atomic E-state index is 0.0334. The zero-order chi connectivity index (χ0) is 31.9. The maximum atomic E-state index is 14.0. The number of aryl methyl sites for hydroxylation is 2. The van der Waals surface area contributed by atoms with Gasteiger partial charge in [0.25, 0.3) is 0 Å². The van der Waals surface area contributed by atoms with Gasteiger partial charge in [-0.15, -0.1) is 0 Å². The number of benzene rings is 2. The van der Waals surface area contributed by atoms with Crippen LogP contribution in [-0.2, 0) is 35.6 Å². The monoisotopic (exact) mass is 610 g/mol. The van der Waals surface area contributed by atoms with Gasteiger partial charge in [0.2, 0.25) is 5.95 Å². The predicted octanol–water partition coefficient (Wildman–Crippen LogP) is 6.39. The number of anilines is 2. The third-order valence-electron chi connectivity index (χ3n) is 8.77. The van der Waals surface area contributed by atoms with Crippen LogP contribution in [0.3, 0.4) is 0 Å². The van der Waals surface area contributed by atoms with Crippen molar-refractivity contribution in [2.45, 2.75) is 82.9 Å². The van der Waals surface area contributed by atoms with Gasteiger partial charge in [-0.3, -0.25) is 9.69 Å². The number of carbonyl (C=O) groups excluding carboxylic acids is 1. The molecule has 236 valence electrons. The van der Waals surface area contributed by atoms with E-state index in [-0.39, 0.29) is 29.8 Å². The summed E-state index contributed by atoms with van der Waals surface area (Å²) in [6, 6.07) is 11.4. The fraction of sp³-hybridized carbons (Fsp3) is 0.500. The number of halogens is 3. The van der Waals surface area contributed by atoms with Crippen molar-refractivity contribution in [1.29, 1.82) is 0 Å². The Balaban J connectivity index is 1.37. The van der Waals surface area contributed by atoms with Gasteiger partial charge in [0, 0.05) is 31.1 Å². The van der Waals surface area contributed by atoms with E-state index in [4.69, 9.17) is 4.74 Å². The minimum Gasteiger partial charge on any atom is -0.495 e. The topological polar surface area (TPSA) is 87.6 Å². The second kappa shape index (κ2) is 12.1. The lowest BCUT2D eigenvalue weighted by Crippen LogP contribution is -2.43. The smallest absolute Gasteiger partial charge is 0.419 e. The summed E-state index contributed by atoms with van der Waals surface area (Å²) in [7, 11) is 1.55. The molecule has 1 unspecified atom stereocenters. The molecule has 1 aliphatic heterocycles. The van der Waals surface area contributed by atoms with Gasteiger partial charge < -0.3 is 15.2 Å². The number of piperidine rings is 1. The number of hydrogen-bond acceptors (Lipinski definition) is 7. The Morgan fingerprint density at radius 2 is 1.93 bits per heavy atom. The Labute approximate surface area is 256 Å². The van der Waals surface area contributed by atoms with Crippen LogP contribution in [0.2, 0.25) is 0 Å². The number of alkyl halides is 3. The molecule has 1 aliphatic carbocycles. The van der Waals surface area contributed by atoms with E-state index >= 15 is 0 Å². The van der Waals surface area contributed by atoms with Crippen molar-refractivity contribution in [2.24, 2.45) is 0 Å². The molecular weight excluding hydrogens is 569 g/mol. The van der Waals surface area contributed by atoms with Gasteiger partial charge in [0.15, 0.2) is 0 Å². The molecule has 1 fully saturated rings. The molecule has 7 nitrogen and oxygen atoms in total. The van der Waals surface area contributed by atoms with Crippen LogP contribution in [0.15, 0.2) is 42.6 Å². The van der Waals surface area contributed by atoms with E-state index in [1.807, 2.05) is 64.1 Å². The molecule has 1 atom stereocenters. The lowest BCUT2D eigenvalue weighted by molar-refractivity contribution is -0.138. The quantitative estimate of drug-likeness (QED) is 0.291. The fourth-order valence-corrected chi connectivity index (χ4v) is 6.71. The summed E-state index contributed by atoms with van der Waals surface area (Å²) in [4.78, 5) is 23.2. The highest BCUT2D eigenvalue weighted by Gasteiger charge is 2.40. The molecule has 0 spiro atoms. The maximum absolute atomic E-state index is 14.0. The molecule has 2 aromatic carbocycles. The second-order valence-corrected chi connectivity index (χ2v) is 13.2. The summed E-state index contributed by atoms with van der Waals surface area (Å²) in [5, 5.41) is 13.3. The number of β-amino-alcohol motifs (C(OH)–C–C–N with tert-alkyl or cyclic N) is 1. The van der Waals surface area contributed by atoms with Gasteiger partial charge >= 0.3 is 6.18 Å². The van der Waals surface area contributed by atoms with E-state index in [0.717, 1.165) is 54.4 Å². The summed E-state index contributed by atoms with van der Waals surface area (Å²) in [6.07, 6.45) is -1.07. The number of ketones is 1. The Bertz CT molecular complexity index is 1530. The molecule has 1 saturated heterocycles. The maximum Gasteiger partial charge on any atom is 0.419 e. The first-order valence-corrected chi connectivity index (χ1v) is 15.1. The minimum atomic E-state index is -4.61. The number of ether oxygens (including phenoxy) is 1. The number of rotatable bonds is 9. The van der Waals surface area contributed by atoms with E-state index in [9.17, 15) is 23.1 Å². The third kappa shape index (κ3) is 6.91. The Kier molecular flexibility index (Phi) is 8.79. The first-order valence-electron chi connectivity index (χ1n) is 15.1. The summed E-state index contributed by atoms with van der Waals surface area (Å²) in [5.41, 5.74) is 1.92. The van der Waals surface area contributed by atoms with Crippen LogP contribution < -0.4 is 10.1 Å². The van der Waals surface area contributed by atoms with Crippen molar-refractivity contribution in [3.05, 3.63) is 76.1 Å². The molecular formula is C34H41F3N4O3. The van der Waals surface area contributed by atoms with E-state index in [1.165, 1.54) is 0 Å². The predicted molar refractivity (Wildman–Crippen MR) is 164 cm³/mol. The number of hydrogen-bond donors (Lipinski definition) is 2. The first-order chi connectivity index (χ1) is 20.7. The molecule has 2 aliphatic rings. The van der Waals surface area contributed by atoms with Crippen molar-refractivity contribution in [3.63, 3.8) is 0 Å². The van der Waals surface area contributed by atoms with Crippen molar-refractivity contribution >= 4 is 17.4 Å². The average molecular weight is 611 g/mol. The Morgan fingerprint density at radius 3 is 2.64 bits per heavy atom. The van der Waals surface area contributed by atoms with Crippen molar-refractivity contribution in [2.75, 3.05) is 32.1 Å².